The van der Waals surface area contributed by atoms with Crippen molar-refractivity contribution < 1.29 is 72.4 Å². The third kappa shape index (κ3) is 22.7. The Hall–Kier alpha value is -7.06. The SMILES string of the molecule is CC[C@H](C)[C@H](NC(=O)[C@H](CO)NC(=O)[C@@H]1CCCN1C(=O)[C@H](CS)NC(=O)COCCOCCNc1c(NCCOC)c(=O)c1=O)C(=O)N[C@@H](Cc1ccc(O)cc1)C(=O)N1CCC[C@H]1C(=O)N[C@@H](CC(C)C)C(=O)N[C@@H](CC(C)C)C(=O)N[C@@H](CS)C(N)=O. The van der Waals surface area contributed by atoms with Crippen molar-refractivity contribution in [2.75, 3.05) is 95.1 Å². The first-order valence-electron chi connectivity index (χ1n) is 30.4. The molecular formula is C59H92N12O17S2. The maximum Gasteiger partial charge on any atom is 0.253 e. The zero-order valence-corrected chi connectivity index (χ0v) is 54.1. The predicted molar refractivity (Wildman–Crippen MR) is 339 cm³/mol. The Morgan fingerprint density at radius 1 is 0.611 bits per heavy atom. The molecule has 0 saturated carbocycles. The highest BCUT2D eigenvalue weighted by atomic mass is 32.1. The normalized spacial score (nSPS) is 17.5. The van der Waals surface area contributed by atoms with E-state index in [1.165, 1.54) is 29.0 Å². The van der Waals surface area contributed by atoms with Crippen LogP contribution in [0, 0.1) is 17.8 Å². The number of nitrogens with zero attached hydrogens (tertiary/aromatic N) is 2. The number of methoxy groups -OCH3 is 1. The van der Waals surface area contributed by atoms with E-state index in [4.69, 9.17) is 19.9 Å². The average molecular weight is 1310 g/mol. The van der Waals surface area contributed by atoms with Crippen molar-refractivity contribution in [3.63, 3.8) is 0 Å². The predicted octanol–water partition coefficient (Wildman–Crippen LogP) is -2.41. The van der Waals surface area contributed by atoms with Gasteiger partial charge in [0.05, 0.1) is 33.0 Å². The summed E-state index contributed by atoms with van der Waals surface area (Å²) in [5, 5.41) is 44.8. The number of carbonyl (C=O) groups is 10. The van der Waals surface area contributed by atoms with Crippen LogP contribution in [0.2, 0.25) is 0 Å². The molecule has 13 N–H and O–H groups in total. The van der Waals surface area contributed by atoms with Crippen molar-refractivity contribution in [2.24, 2.45) is 23.5 Å². The molecule has 2 fully saturated rings. The van der Waals surface area contributed by atoms with Gasteiger partial charge in [-0.2, -0.15) is 25.3 Å². The van der Waals surface area contributed by atoms with Gasteiger partial charge in [-0.1, -0.05) is 60.1 Å². The second kappa shape index (κ2) is 37.9. The Morgan fingerprint density at radius 3 is 1.59 bits per heavy atom. The largest absolute Gasteiger partial charge is 0.508 e. The Bertz CT molecular complexity index is 2820. The number of likely N-dealkylation sites (tertiary alicyclic amines) is 2. The van der Waals surface area contributed by atoms with Crippen LogP contribution in [0.3, 0.4) is 0 Å². The van der Waals surface area contributed by atoms with Crippen molar-refractivity contribution in [1.82, 2.24) is 47.0 Å². The van der Waals surface area contributed by atoms with E-state index in [-0.39, 0.29) is 112 Å². The highest BCUT2D eigenvalue weighted by molar-refractivity contribution is 7.80. The van der Waals surface area contributed by atoms with Crippen molar-refractivity contribution in [2.45, 2.75) is 147 Å². The van der Waals surface area contributed by atoms with Crippen LogP contribution in [0.1, 0.15) is 92.1 Å². The van der Waals surface area contributed by atoms with Gasteiger partial charge >= 0.3 is 0 Å². The average Bonchev–Trinajstić information content (AvgIpc) is 1.83. The molecule has 29 nitrogen and oxygen atoms in total. The molecule has 0 unspecified atom stereocenters. The van der Waals surface area contributed by atoms with Gasteiger partial charge in [0, 0.05) is 51.2 Å². The Labute approximate surface area is 534 Å². The summed E-state index contributed by atoms with van der Waals surface area (Å²) in [5.74, 6) is -8.51. The van der Waals surface area contributed by atoms with Gasteiger partial charge in [0.15, 0.2) is 0 Å². The highest BCUT2D eigenvalue weighted by Crippen LogP contribution is 2.23. The van der Waals surface area contributed by atoms with E-state index >= 15 is 0 Å². The fourth-order valence-electron chi connectivity index (χ4n) is 10.2. The maximum atomic E-state index is 14.8. The summed E-state index contributed by atoms with van der Waals surface area (Å²) in [5.41, 5.74) is 5.01. The van der Waals surface area contributed by atoms with E-state index in [9.17, 15) is 67.7 Å². The van der Waals surface area contributed by atoms with Gasteiger partial charge in [-0.05, 0) is 74.0 Å². The van der Waals surface area contributed by atoms with Gasteiger partial charge in [0.1, 0.15) is 78.1 Å². The number of benzene rings is 1. The number of nitrogens with two attached hydrogens (primary N) is 1. The van der Waals surface area contributed by atoms with Crippen molar-refractivity contribution in [3.8, 4) is 5.75 Å². The summed E-state index contributed by atoms with van der Waals surface area (Å²) in [6.07, 6.45) is 1.60. The van der Waals surface area contributed by atoms with E-state index in [1.54, 1.807) is 26.0 Å². The number of ether oxygens (including phenoxy) is 3. The fraction of sp³-hybridized carbons (Fsp3) is 0.661. The quantitative estimate of drug-likeness (QED) is 0.0188. The second-order valence-corrected chi connectivity index (χ2v) is 23.9. The molecule has 0 bridgehead atoms. The van der Waals surface area contributed by atoms with Crippen LogP contribution in [0.15, 0.2) is 33.9 Å². The molecule has 2 aromatic rings. The lowest BCUT2D eigenvalue weighted by atomic mass is 9.96. The van der Waals surface area contributed by atoms with Crippen LogP contribution in [0.25, 0.3) is 0 Å². The highest BCUT2D eigenvalue weighted by Gasteiger charge is 2.42. The number of aliphatic hydroxyl groups excluding tert-OH is 1. The summed E-state index contributed by atoms with van der Waals surface area (Å²) >= 11 is 8.36. The number of phenols is 1. The number of phenolic OH excluding ortho intramolecular Hbond substituents is 1. The van der Waals surface area contributed by atoms with Gasteiger partial charge in [-0.25, -0.2) is 0 Å². The molecule has 10 amide bonds. The van der Waals surface area contributed by atoms with E-state index in [2.05, 4.69) is 73.1 Å². The monoisotopic (exact) mass is 1300 g/mol. The number of thiol groups is 2. The number of hydrogen-bond donors (Lipinski definition) is 14. The first kappa shape index (κ1) is 75.4. The topological polar surface area (TPSA) is 414 Å². The van der Waals surface area contributed by atoms with E-state index < -0.39 is 143 Å². The lowest BCUT2D eigenvalue weighted by Crippen LogP contribution is -2.62. The van der Waals surface area contributed by atoms with Gasteiger partial charge < -0.3 is 87.8 Å². The Kier molecular flexibility index (Phi) is 31.8. The van der Waals surface area contributed by atoms with Gasteiger partial charge in [0.25, 0.3) is 10.9 Å². The number of rotatable bonds is 40. The number of primary amides is 1. The minimum absolute atomic E-state index is 0.00582. The first-order valence-corrected chi connectivity index (χ1v) is 31.6. The van der Waals surface area contributed by atoms with Crippen LogP contribution in [0.5, 0.6) is 5.75 Å². The summed E-state index contributed by atoms with van der Waals surface area (Å²) in [6, 6.07) is -5.29. The third-order valence-electron chi connectivity index (χ3n) is 15.3. The van der Waals surface area contributed by atoms with Crippen molar-refractivity contribution in [3.05, 3.63) is 50.3 Å². The number of anilines is 2. The molecule has 90 heavy (non-hydrogen) atoms. The van der Waals surface area contributed by atoms with E-state index in [1.807, 2.05) is 27.7 Å². The fourth-order valence-corrected chi connectivity index (χ4v) is 10.8. The van der Waals surface area contributed by atoms with Crippen LogP contribution in [-0.4, -0.2) is 218 Å². The first-order chi connectivity index (χ1) is 42.8. The van der Waals surface area contributed by atoms with E-state index in [0.717, 1.165) is 0 Å². The molecule has 2 aliphatic heterocycles. The van der Waals surface area contributed by atoms with Crippen LogP contribution in [0.4, 0.5) is 11.4 Å². The number of hydrogen-bond acceptors (Lipinski definition) is 21. The van der Waals surface area contributed by atoms with Crippen LogP contribution >= 0.6 is 25.3 Å². The lowest BCUT2D eigenvalue weighted by molar-refractivity contribution is -0.143. The zero-order valence-electron chi connectivity index (χ0n) is 52.3. The molecule has 0 spiro atoms. The molecule has 4 rings (SSSR count). The molecule has 2 heterocycles. The number of amides is 10. The van der Waals surface area contributed by atoms with Gasteiger partial charge in [0.2, 0.25) is 59.1 Å². The summed E-state index contributed by atoms with van der Waals surface area (Å²) in [6.45, 7) is 10.7. The Morgan fingerprint density at radius 2 is 1.09 bits per heavy atom. The van der Waals surface area contributed by atoms with Gasteiger partial charge in [-0.15, -0.1) is 0 Å². The lowest BCUT2D eigenvalue weighted by Gasteiger charge is -2.32. The number of carbonyl (C=O) groups excluding carboxylic acids is 10. The van der Waals surface area contributed by atoms with Crippen molar-refractivity contribution in [1.29, 1.82) is 0 Å². The second-order valence-electron chi connectivity index (χ2n) is 23.2. The summed E-state index contributed by atoms with van der Waals surface area (Å²) in [7, 11) is 1.51. The molecule has 2 saturated heterocycles. The molecule has 0 radical (unpaired) electrons. The molecule has 2 aliphatic rings. The maximum absolute atomic E-state index is 14.8. The number of aliphatic hydroxyl groups is 1. The van der Waals surface area contributed by atoms with Crippen LogP contribution < -0.4 is 64.4 Å². The van der Waals surface area contributed by atoms with Gasteiger partial charge in [-0.3, -0.25) is 57.5 Å². The molecule has 0 aliphatic carbocycles. The Balaban J connectivity index is 1.40. The molecule has 502 valence electrons. The minimum Gasteiger partial charge on any atom is -0.508 e. The summed E-state index contributed by atoms with van der Waals surface area (Å²) < 4.78 is 15.8. The number of nitrogens with one attached hydrogen (secondary N) is 9. The molecule has 31 heteroatoms. The molecular weight excluding hydrogens is 1210 g/mol. The number of aromatic hydroxyl groups is 1. The molecule has 0 aromatic heterocycles. The third-order valence-corrected chi connectivity index (χ3v) is 16.0. The zero-order chi connectivity index (χ0) is 66.8. The molecule has 10 atom stereocenters. The minimum atomic E-state index is -1.63. The van der Waals surface area contributed by atoms with Crippen LogP contribution in [-0.2, 0) is 68.6 Å². The standard InChI is InChI=1S/C59H92N12O17S2/c1-8-34(6)46(69-54(80)40(28-72)67-56(82)44-12-10-20-71(44)59(85)42(31-90)63-45(74)29-88-24-23-87-22-18-62-48-47(49(75)50(48)76)61-17-21-86-7)57(83)66-39(27-35-13-15-36(73)16-14-35)58(84)70-19-9-11-43(70)55(81)65-38(26-33(4)5)52(78)64-37(25-32(2)3)53(79)68-41(30-89)51(60)77/h13-16,32-34,37-44,46,61-62,72-73,89-90H,8-12,17-31H2,1-7H3,(H2,60,77)(H,63,74)(H,64,78)(H,65,81)(H,66,83)(H,67,82)(H,68,79)(H,69,80)/t34-,37-,38-,39-,40-,41-,42-,43-,44-,46-/m0/s1. The summed E-state index contributed by atoms with van der Waals surface area (Å²) in [4.78, 5) is 164. The molecule has 2 aromatic carbocycles. The van der Waals surface area contributed by atoms with E-state index in [0.29, 0.717) is 38.0 Å². The smallest absolute Gasteiger partial charge is 0.253 e. The van der Waals surface area contributed by atoms with Crippen molar-refractivity contribution >= 4 is 95.7 Å².